The molecule has 3 heteroatoms. The summed E-state index contributed by atoms with van der Waals surface area (Å²) in [5, 5.41) is 0. The maximum atomic E-state index is 12.9. The molecule has 0 N–H and O–H groups in total. The summed E-state index contributed by atoms with van der Waals surface area (Å²) >= 11 is 0. The topological polar surface area (TPSA) is 34.1 Å². The summed E-state index contributed by atoms with van der Waals surface area (Å²) in [6, 6.07) is 8.76. The summed E-state index contributed by atoms with van der Waals surface area (Å²) < 4.78 is 25.8. The zero-order chi connectivity index (χ0) is 14.2. The van der Waals surface area contributed by atoms with E-state index in [2.05, 4.69) is 18.7 Å². The van der Waals surface area contributed by atoms with Crippen molar-refractivity contribution < 1.29 is 8.42 Å². The van der Waals surface area contributed by atoms with E-state index in [0.29, 0.717) is 15.7 Å². The van der Waals surface area contributed by atoms with Crippen LogP contribution in [0.3, 0.4) is 0 Å². The number of rotatable bonds is 5. The number of fused-ring (bicyclic) bond motifs is 2. The van der Waals surface area contributed by atoms with Gasteiger partial charge in [0.1, 0.15) is 0 Å². The lowest BCUT2D eigenvalue weighted by molar-refractivity contribution is 0.596. The first-order valence-electron chi connectivity index (χ1n) is 6.97. The van der Waals surface area contributed by atoms with Crippen LogP contribution in [0.4, 0.5) is 0 Å². The highest BCUT2D eigenvalue weighted by molar-refractivity contribution is 7.95. The lowest BCUT2D eigenvalue weighted by atomic mass is 9.98. The lowest BCUT2D eigenvalue weighted by Gasteiger charge is -2.16. The minimum atomic E-state index is -3.36. The third kappa shape index (κ3) is 2.06. The van der Waals surface area contributed by atoms with Gasteiger partial charge in [-0.05, 0) is 42.9 Å². The summed E-state index contributed by atoms with van der Waals surface area (Å²) in [5.41, 5.74) is 1.10. The number of benzene rings is 1. The van der Waals surface area contributed by atoms with E-state index in [1.807, 2.05) is 12.1 Å². The van der Waals surface area contributed by atoms with Crippen molar-refractivity contribution in [2.24, 2.45) is 11.8 Å². The van der Waals surface area contributed by atoms with Crippen LogP contribution in [0, 0.1) is 11.8 Å². The first-order valence-corrected chi connectivity index (χ1v) is 8.45. The molecule has 0 aromatic heterocycles. The second kappa shape index (κ2) is 5.06. The van der Waals surface area contributed by atoms with E-state index in [9.17, 15) is 8.42 Å². The molecule has 2 aliphatic rings. The monoisotopic (exact) mass is 286 g/mol. The van der Waals surface area contributed by atoms with E-state index in [-0.39, 0.29) is 5.92 Å². The zero-order valence-electron chi connectivity index (χ0n) is 11.3. The van der Waals surface area contributed by atoms with E-state index in [4.69, 9.17) is 0 Å². The van der Waals surface area contributed by atoms with Crippen LogP contribution in [0.2, 0.25) is 0 Å². The van der Waals surface area contributed by atoms with Crippen LogP contribution in [0.25, 0.3) is 0 Å². The normalized spacial score (nSPS) is 24.4. The smallest absolute Gasteiger partial charge is 0.203 e. The summed E-state index contributed by atoms with van der Waals surface area (Å²) in [6.45, 7) is 3.74. The average Bonchev–Trinajstić information content (AvgIpc) is 3.06. The Kier molecular flexibility index (Phi) is 3.38. The maximum absolute atomic E-state index is 12.9. The van der Waals surface area contributed by atoms with Gasteiger partial charge in [-0.3, -0.25) is 0 Å². The van der Waals surface area contributed by atoms with Crippen LogP contribution >= 0.6 is 0 Å². The number of hydrogen-bond donors (Lipinski definition) is 0. The minimum Gasteiger partial charge on any atom is -0.219 e. The Balaban J connectivity index is 2.06. The molecule has 2 bridgehead atoms. The molecule has 0 spiro atoms. The fourth-order valence-electron chi connectivity index (χ4n) is 3.24. The van der Waals surface area contributed by atoms with Gasteiger partial charge in [0.25, 0.3) is 0 Å². The third-order valence-corrected chi connectivity index (χ3v) is 6.18. The van der Waals surface area contributed by atoms with Crippen molar-refractivity contribution in [1.82, 2.24) is 0 Å². The summed E-state index contributed by atoms with van der Waals surface area (Å²) in [6.07, 6.45) is 8.63. The van der Waals surface area contributed by atoms with Crippen molar-refractivity contribution in [1.29, 1.82) is 0 Å². The standard InChI is InChI=1S/C17H18O2S/c1-2-3-9-16-13-10-11-14(12-13)17(16)20(18,19)15-7-5-4-6-8-15/h2,4-8,10-11,13-14H,1,3,9,12H2/t13-,14+/m0/s1. The van der Waals surface area contributed by atoms with Crippen LogP contribution in [0.15, 0.2) is 70.5 Å². The molecule has 1 aromatic rings. The van der Waals surface area contributed by atoms with E-state index >= 15 is 0 Å². The Bertz CT molecular complexity index is 681. The van der Waals surface area contributed by atoms with Crippen molar-refractivity contribution in [2.45, 2.75) is 24.2 Å². The van der Waals surface area contributed by atoms with Crippen LogP contribution in [0.5, 0.6) is 0 Å². The third-order valence-electron chi connectivity index (χ3n) is 4.15. The van der Waals surface area contributed by atoms with Crippen LogP contribution < -0.4 is 0 Å². The first-order chi connectivity index (χ1) is 9.64. The molecular weight excluding hydrogens is 268 g/mol. The van der Waals surface area contributed by atoms with Gasteiger partial charge in [0.2, 0.25) is 9.84 Å². The Morgan fingerprint density at radius 3 is 2.55 bits per heavy atom. The molecule has 3 rings (SSSR count). The van der Waals surface area contributed by atoms with Gasteiger partial charge in [-0.15, -0.1) is 6.58 Å². The molecule has 0 heterocycles. The second-order valence-electron chi connectivity index (χ2n) is 5.37. The average molecular weight is 286 g/mol. The fourth-order valence-corrected chi connectivity index (χ4v) is 5.18. The predicted octanol–water partition coefficient (Wildman–Crippen LogP) is 3.89. The first kappa shape index (κ1) is 13.4. The van der Waals surface area contributed by atoms with Crippen molar-refractivity contribution in [2.75, 3.05) is 0 Å². The van der Waals surface area contributed by atoms with Gasteiger partial charge in [0.05, 0.1) is 9.80 Å². The molecule has 2 atom stereocenters. The molecular formula is C17H18O2S. The van der Waals surface area contributed by atoms with Crippen LogP contribution in [0.1, 0.15) is 19.3 Å². The van der Waals surface area contributed by atoms with Gasteiger partial charge in [0, 0.05) is 5.92 Å². The molecule has 0 saturated carbocycles. The van der Waals surface area contributed by atoms with E-state index in [1.54, 1.807) is 24.3 Å². The Labute approximate surface area is 120 Å². The molecule has 1 aromatic carbocycles. The van der Waals surface area contributed by atoms with E-state index in [1.165, 1.54) is 0 Å². The Hall–Kier alpha value is -1.61. The number of sulfone groups is 1. The Morgan fingerprint density at radius 2 is 1.85 bits per heavy atom. The van der Waals surface area contributed by atoms with Crippen molar-refractivity contribution >= 4 is 9.84 Å². The summed E-state index contributed by atoms with van der Waals surface area (Å²) in [4.78, 5) is 1.06. The quantitative estimate of drug-likeness (QED) is 0.770. The predicted molar refractivity (Wildman–Crippen MR) is 80.8 cm³/mol. The molecule has 0 aliphatic heterocycles. The highest BCUT2D eigenvalue weighted by Gasteiger charge is 2.41. The molecule has 2 aliphatic carbocycles. The zero-order valence-corrected chi connectivity index (χ0v) is 12.1. The van der Waals surface area contributed by atoms with Gasteiger partial charge in [-0.1, -0.05) is 36.4 Å². The van der Waals surface area contributed by atoms with Crippen LogP contribution in [-0.4, -0.2) is 8.42 Å². The van der Waals surface area contributed by atoms with Crippen molar-refractivity contribution in [3.8, 4) is 0 Å². The minimum absolute atomic E-state index is 0.0741. The molecule has 0 fully saturated rings. The van der Waals surface area contributed by atoms with E-state index < -0.39 is 9.84 Å². The summed E-state index contributed by atoms with van der Waals surface area (Å²) in [7, 11) is -3.36. The van der Waals surface area contributed by atoms with Gasteiger partial charge in [0.15, 0.2) is 0 Å². The largest absolute Gasteiger partial charge is 0.219 e. The van der Waals surface area contributed by atoms with E-state index in [0.717, 1.165) is 24.8 Å². The van der Waals surface area contributed by atoms with Crippen molar-refractivity contribution in [3.63, 3.8) is 0 Å². The van der Waals surface area contributed by atoms with Gasteiger partial charge < -0.3 is 0 Å². The molecule has 0 amide bonds. The second-order valence-corrected chi connectivity index (χ2v) is 7.29. The Morgan fingerprint density at radius 1 is 1.15 bits per heavy atom. The lowest BCUT2D eigenvalue weighted by Crippen LogP contribution is -2.12. The number of hydrogen-bond acceptors (Lipinski definition) is 2. The fraction of sp³-hybridized carbons (Fsp3) is 0.294. The molecule has 2 nitrogen and oxygen atoms in total. The van der Waals surface area contributed by atoms with Crippen LogP contribution in [-0.2, 0) is 9.84 Å². The molecule has 0 unspecified atom stereocenters. The van der Waals surface area contributed by atoms with Crippen molar-refractivity contribution in [3.05, 3.63) is 65.6 Å². The van der Waals surface area contributed by atoms with Gasteiger partial charge >= 0.3 is 0 Å². The molecule has 0 radical (unpaired) electrons. The SMILES string of the molecule is C=CCCC1=C(S(=O)(=O)c2ccccc2)[C@@H]2C=C[C@H]1C2. The summed E-state index contributed by atoms with van der Waals surface area (Å²) in [5.74, 6) is 0.387. The molecule has 104 valence electrons. The number of allylic oxidation sites excluding steroid dienone is 5. The maximum Gasteiger partial charge on any atom is 0.203 e. The highest BCUT2D eigenvalue weighted by atomic mass is 32.2. The highest BCUT2D eigenvalue weighted by Crippen LogP contribution is 2.49. The molecule has 0 saturated heterocycles. The molecule has 20 heavy (non-hydrogen) atoms. The van der Waals surface area contributed by atoms with Gasteiger partial charge in [-0.2, -0.15) is 0 Å². The van der Waals surface area contributed by atoms with Gasteiger partial charge in [-0.25, -0.2) is 8.42 Å².